The first-order valence-corrected chi connectivity index (χ1v) is 10.8. The number of thiophene rings is 1. The van der Waals surface area contributed by atoms with E-state index < -0.39 is 10.0 Å². The molecule has 7 heteroatoms. The fourth-order valence-corrected chi connectivity index (χ4v) is 4.88. The van der Waals surface area contributed by atoms with E-state index in [-0.39, 0.29) is 24.4 Å². The van der Waals surface area contributed by atoms with Gasteiger partial charge in [-0.05, 0) is 42.2 Å². The van der Waals surface area contributed by atoms with Crippen molar-refractivity contribution in [1.29, 1.82) is 0 Å². The fraction of sp³-hybridized carbons (Fsp3) is 0.421. The van der Waals surface area contributed by atoms with Crippen LogP contribution in [0.25, 0.3) is 0 Å². The molecule has 0 aliphatic carbocycles. The molecule has 5 nitrogen and oxygen atoms in total. The lowest BCUT2D eigenvalue weighted by atomic mass is 9.87. The Kier molecular flexibility index (Phi) is 6.26. The summed E-state index contributed by atoms with van der Waals surface area (Å²) in [6.07, 6.45) is 0. The first-order chi connectivity index (χ1) is 12.0. The van der Waals surface area contributed by atoms with Crippen LogP contribution in [-0.4, -0.2) is 27.4 Å². The summed E-state index contributed by atoms with van der Waals surface area (Å²) in [5.41, 5.74) is 1.98. The van der Waals surface area contributed by atoms with E-state index in [1.807, 2.05) is 31.2 Å². The second-order valence-corrected chi connectivity index (χ2v) is 10.5. The zero-order valence-corrected chi connectivity index (χ0v) is 17.5. The van der Waals surface area contributed by atoms with Gasteiger partial charge in [0.25, 0.3) is 0 Å². The van der Waals surface area contributed by atoms with Crippen LogP contribution in [0.1, 0.15) is 38.1 Å². The van der Waals surface area contributed by atoms with Crippen molar-refractivity contribution in [3.63, 3.8) is 0 Å². The summed E-state index contributed by atoms with van der Waals surface area (Å²) in [4.78, 5) is 14.5. The van der Waals surface area contributed by atoms with Crippen LogP contribution in [0, 0.1) is 6.92 Å². The largest absolute Gasteiger partial charge is 0.311 e. The standard InChI is InChI=1S/C19H26N2O3S2/c1-14-6-11-18(25-14)26(23,24)20-12-13-21(15(2)22)17-9-7-16(8-10-17)19(3,4)5/h6-11,20H,12-13H2,1-5H3. The molecule has 1 amide bonds. The first kappa shape index (κ1) is 20.6. The molecule has 0 unspecified atom stereocenters. The number of hydrogen-bond donors (Lipinski definition) is 1. The molecule has 2 aromatic rings. The minimum absolute atomic E-state index is 0.0358. The summed E-state index contributed by atoms with van der Waals surface area (Å²) in [5.74, 6) is -0.125. The second-order valence-electron chi connectivity index (χ2n) is 7.23. The van der Waals surface area contributed by atoms with Crippen molar-refractivity contribution < 1.29 is 13.2 Å². The number of sulfonamides is 1. The van der Waals surface area contributed by atoms with Crippen molar-refractivity contribution in [2.45, 2.75) is 44.2 Å². The van der Waals surface area contributed by atoms with Crippen molar-refractivity contribution >= 4 is 33.0 Å². The highest BCUT2D eigenvalue weighted by Gasteiger charge is 2.18. The number of anilines is 1. The third kappa shape index (κ3) is 5.16. The molecule has 0 spiro atoms. The molecule has 0 atom stereocenters. The number of nitrogens with one attached hydrogen (secondary N) is 1. The maximum absolute atomic E-state index is 12.3. The van der Waals surface area contributed by atoms with Gasteiger partial charge >= 0.3 is 0 Å². The van der Waals surface area contributed by atoms with Crippen LogP contribution in [0.2, 0.25) is 0 Å². The SMILES string of the molecule is CC(=O)N(CCNS(=O)(=O)c1ccc(C)s1)c1ccc(C(C)(C)C)cc1. The molecule has 1 heterocycles. The molecule has 0 fully saturated rings. The van der Waals surface area contributed by atoms with Gasteiger partial charge in [0.15, 0.2) is 0 Å². The molecule has 0 radical (unpaired) electrons. The molecular formula is C19H26N2O3S2. The Morgan fingerprint density at radius 1 is 1.12 bits per heavy atom. The van der Waals surface area contributed by atoms with E-state index in [1.165, 1.54) is 23.8 Å². The van der Waals surface area contributed by atoms with Gasteiger partial charge in [0.1, 0.15) is 4.21 Å². The van der Waals surface area contributed by atoms with Crippen molar-refractivity contribution in [2.75, 3.05) is 18.0 Å². The van der Waals surface area contributed by atoms with Gasteiger partial charge in [-0.3, -0.25) is 4.79 Å². The molecule has 1 aromatic heterocycles. The summed E-state index contributed by atoms with van der Waals surface area (Å²) in [6.45, 7) is 10.2. The van der Waals surface area contributed by atoms with Crippen LogP contribution in [-0.2, 0) is 20.2 Å². The molecule has 1 N–H and O–H groups in total. The minimum atomic E-state index is -3.54. The Morgan fingerprint density at radius 2 is 1.73 bits per heavy atom. The van der Waals surface area contributed by atoms with Gasteiger partial charge in [-0.2, -0.15) is 0 Å². The Labute approximate surface area is 160 Å². The van der Waals surface area contributed by atoms with E-state index in [0.29, 0.717) is 4.21 Å². The predicted octanol–water partition coefficient (Wildman–Crippen LogP) is 3.69. The lowest BCUT2D eigenvalue weighted by molar-refractivity contribution is -0.116. The molecule has 142 valence electrons. The summed E-state index contributed by atoms with van der Waals surface area (Å²) in [5, 5.41) is 0. The number of rotatable bonds is 6. The smallest absolute Gasteiger partial charge is 0.250 e. The van der Waals surface area contributed by atoms with Gasteiger partial charge in [-0.25, -0.2) is 13.1 Å². The molecule has 0 aliphatic rings. The van der Waals surface area contributed by atoms with Gasteiger partial charge < -0.3 is 4.90 Å². The van der Waals surface area contributed by atoms with E-state index in [2.05, 4.69) is 25.5 Å². The predicted molar refractivity (Wildman–Crippen MR) is 107 cm³/mol. The zero-order chi connectivity index (χ0) is 19.5. The zero-order valence-electron chi connectivity index (χ0n) is 15.9. The van der Waals surface area contributed by atoms with Gasteiger partial charge in [0, 0.05) is 30.6 Å². The van der Waals surface area contributed by atoms with Gasteiger partial charge in [0.05, 0.1) is 0 Å². The number of aryl methyl sites for hydroxylation is 1. The Hall–Kier alpha value is -1.70. The average molecular weight is 395 g/mol. The van der Waals surface area contributed by atoms with Gasteiger partial charge in [0.2, 0.25) is 15.9 Å². The third-order valence-corrected chi connectivity index (χ3v) is 6.99. The molecule has 2 rings (SSSR count). The normalized spacial score (nSPS) is 12.2. The van der Waals surface area contributed by atoms with E-state index in [0.717, 1.165) is 10.6 Å². The maximum atomic E-state index is 12.3. The highest BCUT2D eigenvalue weighted by Crippen LogP contribution is 2.25. The highest BCUT2D eigenvalue weighted by molar-refractivity contribution is 7.91. The van der Waals surface area contributed by atoms with Crippen LogP contribution in [0.5, 0.6) is 0 Å². The molecule has 26 heavy (non-hydrogen) atoms. The number of amides is 1. The first-order valence-electron chi connectivity index (χ1n) is 8.45. The van der Waals surface area contributed by atoms with E-state index >= 15 is 0 Å². The number of nitrogens with zero attached hydrogens (tertiary/aromatic N) is 1. The lowest BCUT2D eigenvalue weighted by Crippen LogP contribution is -2.37. The van der Waals surface area contributed by atoms with Crippen LogP contribution in [0.3, 0.4) is 0 Å². The third-order valence-electron chi connectivity index (χ3n) is 4.03. The number of benzene rings is 1. The fourth-order valence-electron chi connectivity index (χ4n) is 2.53. The quantitative estimate of drug-likeness (QED) is 0.813. The van der Waals surface area contributed by atoms with Crippen LogP contribution in [0.15, 0.2) is 40.6 Å². The lowest BCUT2D eigenvalue weighted by Gasteiger charge is -2.24. The van der Waals surface area contributed by atoms with Crippen molar-refractivity contribution in [3.8, 4) is 0 Å². The summed E-state index contributed by atoms with van der Waals surface area (Å²) in [7, 11) is -3.54. The van der Waals surface area contributed by atoms with E-state index in [1.54, 1.807) is 17.0 Å². The Balaban J connectivity index is 2.06. The minimum Gasteiger partial charge on any atom is -0.311 e. The van der Waals surface area contributed by atoms with Gasteiger partial charge in [-0.1, -0.05) is 32.9 Å². The number of hydrogen-bond acceptors (Lipinski definition) is 4. The molecule has 0 saturated carbocycles. The average Bonchev–Trinajstić information content (AvgIpc) is 2.98. The monoisotopic (exact) mass is 394 g/mol. The topological polar surface area (TPSA) is 66.5 Å². The molecular weight excluding hydrogens is 368 g/mol. The summed E-state index contributed by atoms with van der Waals surface area (Å²) < 4.78 is 27.4. The molecule has 0 saturated heterocycles. The van der Waals surface area contributed by atoms with Crippen molar-refractivity contribution in [3.05, 3.63) is 46.8 Å². The number of carbonyl (C=O) groups is 1. The van der Waals surface area contributed by atoms with E-state index in [9.17, 15) is 13.2 Å². The van der Waals surface area contributed by atoms with Crippen molar-refractivity contribution in [1.82, 2.24) is 4.72 Å². The summed E-state index contributed by atoms with van der Waals surface area (Å²) >= 11 is 1.23. The molecule has 0 bridgehead atoms. The van der Waals surface area contributed by atoms with Crippen LogP contribution >= 0.6 is 11.3 Å². The number of carbonyl (C=O) groups excluding carboxylic acids is 1. The van der Waals surface area contributed by atoms with Crippen molar-refractivity contribution in [2.24, 2.45) is 0 Å². The highest BCUT2D eigenvalue weighted by atomic mass is 32.2. The Bertz CT molecular complexity index is 863. The van der Waals surface area contributed by atoms with E-state index in [4.69, 9.17) is 0 Å². The summed E-state index contributed by atoms with van der Waals surface area (Å²) in [6, 6.07) is 11.2. The van der Waals surface area contributed by atoms with Crippen LogP contribution in [0.4, 0.5) is 5.69 Å². The molecule has 1 aromatic carbocycles. The van der Waals surface area contributed by atoms with Crippen LogP contribution < -0.4 is 9.62 Å². The maximum Gasteiger partial charge on any atom is 0.250 e. The Morgan fingerprint density at radius 3 is 2.19 bits per heavy atom. The second kappa shape index (κ2) is 7.90. The van der Waals surface area contributed by atoms with Gasteiger partial charge in [-0.15, -0.1) is 11.3 Å². The molecule has 0 aliphatic heterocycles.